The maximum atomic E-state index is 12.2. The zero-order valence-corrected chi connectivity index (χ0v) is 12.6. The molecular weight excluding hydrogens is 266 g/mol. The predicted octanol–water partition coefficient (Wildman–Crippen LogP) is 2.99. The Balaban J connectivity index is 2.10. The molecule has 3 rings (SSSR count). The SMILES string of the molecule is CC(=O)[C@H]1CCc2c(oc(=O)n2-c2ccc(C)cc2)[C@H]1C. The monoisotopic (exact) mass is 285 g/mol. The van der Waals surface area contributed by atoms with E-state index in [0.717, 1.165) is 23.4 Å². The van der Waals surface area contributed by atoms with Gasteiger partial charge in [-0.25, -0.2) is 9.36 Å². The van der Waals surface area contributed by atoms with Crippen molar-refractivity contribution in [3.05, 3.63) is 51.8 Å². The first-order chi connectivity index (χ1) is 9.99. The van der Waals surface area contributed by atoms with Crippen LogP contribution < -0.4 is 5.76 Å². The Morgan fingerprint density at radius 3 is 2.57 bits per heavy atom. The van der Waals surface area contributed by atoms with Gasteiger partial charge in [-0.3, -0.25) is 4.79 Å². The lowest BCUT2D eigenvalue weighted by atomic mass is 9.79. The van der Waals surface area contributed by atoms with E-state index < -0.39 is 0 Å². The number of hydrogen-bond donors (Lipinski definition) is 0. The fourth-order valence-corrected chi connectivity index (χ4v) is 3.25. The van der Waals surface area contributed by atoms with Gasteiger partial charge < -0.3 is 4.42 Å². The van der Waals surface area contributed by atoms with Gasteiger partial charge in [0.2, 0.25) is 0 Å². The summed E-state index contributed by atoms with van der Waals surface area (Å²) in [5, 5.41) is 0. The van der Waals surface area contributed by atoms with E-state index in [1.54, 1.807) is 11.5 Å². The van der Waals surface area contributed by atoms with Crippen LogP contribution in [0.15, 0.2) is 33.5 Å². The van der Waals surface area contributed by atoms with Gasteiger partial charge in [0.1, 0.15) is 11.5 Å². The van der Waals surface area contributed by atoms with E-state index in [2.05, 4.69) is 0 Å². The molecule has 0 saturated heterocycles. The Morgan fingerprint density at radius 1 is 1.29 bits per heavy atom. The van der Waals surface area contributed by atoms with Crippen molar-refractivity contribution in [2.45, 2.75) is 39.5 Å². The highest BCUT2D eigenvalue weighted by molar-refractivity contribution is 5.79. The van der Waals surface area contributed by atoms with Crippen LogP contribution in [-0.4, -0.2) is 10.4 Å². The molecule has 1 heterocycles. The van der Waals surface area contributed by atoms with Gasteiger partial charge in [0.15, 0.2) is 0 Å². The van der Waals surface area contributed by atoms with Crippen LogP contribution in [0.25, 0.3) is 5.69 Å². The van der Waals surface area contributed by atoms with Crippen molar-refractivity contribution in [1.29, 1.82) is 0 Å². The molecule has 1 aliphatic rings. The number of carbonyl (C=O) groups excluding carboxylic acids is 1. The minimum absolute atomic E-state index is 0.0364. The van der Waals surface area contributed by atoms with Gasteiger partial charge in [0.05, 0.1) is 11.4 Å². The normalized spacial score (nSPS) is 21.1. The van der Waals surface area contributed by atoms with Crippen LogP contribution in [0.2, 0.25) is 0 Å². The number of Topliss-reactive ketones (excluding diaryl/α,β-unsaturated/α-hetero) is 1. The summed E-state index contributed by atoms with van der Waals surface area (Å²) < 4.78 is 7.11. The highest BCUT2D eigenvalue weighted by Gasteiger charge is 2.34. The standard InChI is InChI=1S/C17H19NO3/c1-10-4-6-13(7-5-10)18-15-9-8-14(12(3)19)11(2)16(15)21-17(18)20/h4-7,11,14H,8-9H2,1-3H3/t11-,14-/m0/s1. The van der Waals surface area contributed by atoms with E-state index in [0.29, 0.717) is 12.2 Å². The van der Waals surface area contributed by atoms with E-state index in [1.807, 2.05) is 38.1 Å². The van der Waals surface area contributed by atoms with E-state index in [1.165, 1.54) is 0 Å². The lowest BCUT2D eigenvalue weighted by molar-refractivity contribution is -0.121. The zero-order chi connectivity index (χ0) is 15.1. The van der Waals surface area contributed by atoms with Crippen LogP contribution >= 0.6 is 0 Å². The maximum Gasteiger partial charge on any atom is 0.424 e. The molecule has 0 fully saturated rings. The molecule has 110 valence electrons. The third-order valence-electron chi connectivity index (χ3n) is 4.46. The number of aryl methyl sites for hydroxylation is 1. The number of rotatable bonds is 2. The number of hydrogen-bond acceptors (Lipinski definition) is 3. The third-order valence-corrected chi connectivity index (χ3v) is 4.46. The number of ketones is 1. The largest absolute Gasteiger partial charge is 0.424 e. The Morgan fingerprint density at radius 2 is 1.95 bits per heavy atom. The molecule has 0 N–H and O–H groups in total. The molecule has 2 aromatic rings. The molecule has 0 aliphatic heterocycles. The number of benzene rings is 1. The summed E-state index contributed by atoms with van der Waals surface area (Å²) in [6.45, 7) is 5.59. The van der Waals surface area contributed by atoms with Crippen LogP contribution in [0.5, 0.6) is 0 Å². The van der Waals surface area contributed by atoms with E-state index >= 15 is 0 Å². The smallest absolute Gasteiger partial charge is 0.412 e. The molecular formula is C17H19NO3. The molecule has 2 atom stereocenters. The van der Waals surface area contributed by atoms with E-state index in [-0.39, 0.29) is 23.4 Å². The molecule has 4 heteroatoms. The Hall–Kier alpha value is -2.10. The molecule has 4 nitrogen and oxygen atoms in total. The van der Waals surface area contributed by atoms with Gasteiger partial charge in [0, 0.05) is 11.8 Å². The van der Waals surface area contributed by atoms with Crippen LogP contribution in [0.3, 0.4) is 0 Å². The number of aromatic nitrogens is 1. The van der Waals surface area contributed by atoms with Crippen molar-refractivity contribution in [2.75, 3.05) is 0 Å². The third kappa shape index (κ3) is 2.24. The highest BCUT2D eigenvalue weighted by Crippen LogP contribution is 2.36. The van der Waals surface area contributed by atoms with Crippen molar-refractivity contribution >= 4 is 5.78 Å². The summed E-state index contributed by atoms with van der Waals surface area (Å²) in [7, 11) is 0. The quantitative estimate of drug-likeness (QED) is 0.852. The van der Waals surface area contributed by atoms with Crippen LogP contribution in [0.4, 0.5) is 0 Å². The van der Waals surface area contributed by atoms with Crippen molar-refractivity contribution in [2.24, 2.45) is 5.92 Å². The fourth-order valence-electron chi connectivity index (χ4n) is 3.25. The molecule has 21 heavy (non-hydrogen) atoms. The van der Waals surface area contributed by atoms with Crippen LogP contribution in [0.1, 0.15) is 43.2 Å². The first-order valence-corrected chi connectivity index (χ1v) is 7.31. The second kappa shape index (κ2) is 5.02. The van der Waals surface area contributed by atoms with Gasteiger partial charge in [-0.1, -0.05) is 24.6 Å². The van der Waals surface area contributed by atoms with Gasteiger partial charge in [0.25, 0.3) is 0 Å². The van der Waals surface area contributed by atoms with Crippen molar-refractivity contribution in [1.82, 2.24) is 4.57 Å². The zero-order valence-electron chi connectivity index (χ0n) is 12.6. The predicted molar refractivity (Wildman–Crippen MR) is 79.9 cm³/mol. The lowest BCUT2D eigenvalue weighted by Gasteiger charge is -2.25. The van der Waals surface area contributed by atoms with Gasteiger partial charge in [-0.05, 0) is 38.8 Å². The second-order valence-electron chi connectivity index (χ2n) is 5.89. The lowest BCUT2D eigenvalue weighted by Crippen LogP contribution is -2.25. The average molecular weight is 285 g/mol. The van der Waals surface area contributed by atoms with Crippen LogP contribution in [0, 0.1) is 12.8 Å². The first-order valence-electron chi connectivity index (χ1n) is 7.31. The molecule has 1 aromatic carbocycles. The minimum atomic E-state index is -0.361. The summed E-state index contributed by atoms with van der Waals surface area (Å²) in [4.78, 5) is 23.9. The summed E-state index contributed by atoms with van der Waals surface area (Å²) in [5.41, 5.74) is 2.88. The molecule has 0 radical (unpaired) electrons. The summed E-state index contributed by atoms with van der Waals surface area (Å²) >= 11 is 0. The summed E-state index contributed by atoms with van der Waals surface area (Å²) in [6, 6.07) is 7.81. The number of carbonyl (C=O) groups is 1. The van der Waals surface area contributed by atoms with Gasteiger partial charge in [-0.2, -0.15) is 0 Å². The van der Waals surface area contributed by atoms with Crippen LogP contribution in [-0.2, 0) is 11.2 Å². The Bertz CT molecular complexity index is 736. The van der Waals surface area contributed by atoms with Gasteiger partial charge >= 0.3 is 5.76 Å². The molecule has 0 spiro atoms. The van der Waals surface area contributed by atoms with Crippen molar-refractivity contribution in [3.8, 4) is 5.69 Å². The molecule has 0 bridgehead atoms. The number of fused-ring (bicyclic) bond motifs is 1. The molecule has 1 aliphatic carbocycles. The minimum Gasteiger partial charge on any atom is -0.412 e. The Kier molecular flexibility index (Phi) is 3.32. The topological polar surface area (TPSA) is 52.2 Å². The van der Waals surface area contributed by atoms with Gasteiger partial charge in [-0.15, -0.1) is 0 Å². The average Bonchev–Trinajstić information content (AvgIpc) is 2.77. The van der Waals surface area contributed by atoms with Crippen molar-refractivity contribution < 1.29 is 9.21 Å². The summed E-state index contributed by atoms with van der Waals surface area (Å²) in [5.74, 6) is 0.394. The Labute approximate surface area is 123 Å². The van der Waals surface area contributed by atoms with Crippen molar-refractivity contribution in [3.63, 3.8) is 0 Å². The molecule has 0 saturated carbocycles. The molecule has 1 aromatic heterocycles. The number of nitrogens with zero attached hydrogens (tertiary/aromatic N) is 1. The first kappa shape index (κ1) is 13.9. The van der Waals surface area contributed by atoms with E-state index in [9.17, 15) is 9.59 Å². The van der Waals surface area contributed by atoms with E-state index in [4.69, 9.17) is 4.42 Å². The maximum absolute atomic E-state index is 12.2. The second-order valence-corrected chi connectivity index (χ2v) is 5.89. The molecule has 0 amide bonds. The number of oxazole rings is 1. The summed E-state index contributed by atoms with van der Waals surface area (Å²) in [6.07, 6.45) is 1.47. The molecule has 0 unspecified atom stereocenters. The highest BCUT2D eigenvalue weighted by atomic mass is 16.4. The fraction of sp³-hybridized carbons (Fsp3) is 0.412.